The first-order valence-corrected chi connectivity index (χ1v) is 8.20. The Hall–Kier alpha value is -0.860. The molecule has 1 aromatic rings. The number of piperazine rings is 1. The molecule has 0 unspecified atom stereocenters. The van der Waals surface area contributed by atoms with E-state index in [1.54, 1.807) is 5.56 Å². The molecule has 0 amide bonds. The van der Waals surface area contributed by atoms with Gasteiger partial charge in [-0.3, -0.25) is 4.90 Å². The van der Waals surface area contributed by atoms with Crippen LogP contribution in [0.3, 0.4) is 0 Å². The van der Waals surface area contributed by atoms with Crippen LogP contribution in [0.5, 0.6) is 0 Å². The lowest BCUT2D eigenvalue weighted by molar-refractivity contribution is 0.185. The Kier molecular flexibility index (Phi) is 4.13. The molecule has 1 saturated heterocycles. The van der Waals surface area contributed by atoms with Gasteiger partial charge < -0.3 is 5.32 Å². The molecular weight excluding hydrogens is 244 g/mol. The summed E-state index contributed by atoms with van der Waals surface area (Å²) in [6.07, 6.45) is 5.56. The van der Waals surface area contributed by atoms with Gasteiger partial charge in [0.2, 0.25) is 0 Å². The number of nitrogens with zero attached hydrogens (tertiary/aromatic N) is 1. The minimum Gasteiger partial charge on any atom is -0.314 e. The molecule has 0 spiro atoms. The molecule has 0 atom stereocenters. The molecule has 2 heteroatoms. The summed E-state index contributed by atoms with van der Waals surface area (Å²) in [7, 11) is 0. The maximum absolute atomic E-state index is 3.47. The zero-order valence-corrected chi connectivity index (χ0v) is 13.0. The molecule has 1 saturated carbocycles. The third-order valence-corrected chi connectivity index (χ3v) is 5.25. The third kappa shape index (κ3) is 2.77. The average Bonchev–Trinajstić information content (AvgIpc) is 2.89. The van der Waals surface area contributed by atoms with Crippen LogP contribution in [0.4, 0.5) is 0 Å². The maximum Gasteiger partial charge on any atom is 0.0108 e. The Bertz CT molecular complexity index is 454. The van der Waals surface area contributed by atoms with Crippen molar-refractivity contribution in [1.29, 1.82) is 0 Å². The van der Waals surface area contributed by atoms with E-state index in [-0.39, 0.29) is 0 Å². The summed E-state index contributed by atoms with van der Waals surface area (Å²) in [5, 5.41) is 3.47. The Labute approximate surface area is 123 Å². The topological polar surface area (TPSA) is 15.3 Å². The SMILES string of the molecule is Cc1ccc(C2(CN3CCNCC3)CCCC2)c(C)c1. The van der Waals surface area contributed by atoms with Crippen molar-refractivity contribution in [2.45, 2.75) is 44.9 Å². The molecule has 0 radical (unpaired) electrons. The summed E-state index contributed by atoms with van der Waals surface area (Å²) in [6, 6.07) is 7.09. The first-order valence-electron chi connectivity index (χ1n) is 8.20. The zero-order chi connectivity index (χ0) is 14.0. The lowest BCUT2D eigenvalue weighted by Gasteiger charge is -2.38. The number of rotatable bonds is 3. The molecule has 2 fully saturated rings. The number of nitrogens with one attached hydrogen (secondary N) is 1. The molecule has 1 N–H and O–H groups in total. The molecule has 1 heterocycles. The zero-order valence-electron chi connectivity index (χ0n) is 13.0. The Morgan fingerprint density at radius 3 is 2.45 bits per heavy atom. The van der Waals surface area contributed by atoms with Gasteiger partial charge in [0.25, 0.3) is 0 Å². The molecular formula is C18H28N2. The molecule has 2 nitrogen and oxygen atoms in total. The molecule has 0 bridgehead atoms. The first-order chi connectivity index (χ1) is 9.70. The lowest BCUT2D eigenvalue weighted by atomic mass is 9.76. The van der Waals surface area contributed by atoms with E-state index in [0.29, 0.717) is 5.41 Å². The smallest absolute Gasteiger partial charge is 0.0108 e. The summed E-state index contributed by atoms with van der Waals surface area (Å²) < 4.78 is 0. The standard InChI is InChI=1S/C18H28N2/c1-15-5-6-17(16(2)13-15)18(7-3-4-8-18)14-20-11-9-19-10-12-20/h5-6,13,19H,3-4,7-12,14H2,1-2H3. The second kappa shape index (κ2) is 5.87. The van der Waals surface area contributed by atoms with E-state index >= 15 is 0 Å². The predicted molar refractivity (Wildman–Crippen MR) is 85.4 cm³/mol. The van der Waals surface area contributed by atoms with E-state index < -0.39 is 0 Å². The van der Waals surface area contributed by atoms with E-state index in [1.165, 1.54) is 56.4 Å². The molecule has 2 aliphatic rings. The van der Waals surface area contributed by atoms with Gasteiger partial charge in [-0.25, -0.2) is 0 Å². The van der Waals surface area contributed by atoms with Crippen molar-refractivity contribution < 1.29 is 0 Å². The summed E-state index contributed by atoms with van der Waals surface area (Å²) in [5.74, 6) is 0. The highest BCUT2D eigenvalue weighted by atomic mass is 15.2. The monoisotopic (exact) mass is 272 g/mol. The fourth-order valence-corrected chi connectivity index (χ4v) is 4.27. The summed E-state index contributed by atoms with van der Waals surface area (Å²) >= 11 is 0. The maximum atomic E-state index is 3.47. The number of aryl methyl sites for hydroxylation is 2. The molecule has 110 valence electrons. The molecule has 3 rings (SSSR count). The van der Waals surface area contributed by atoms with Gasteiger partial charge in [-0.15, -0.1) is 0 Å². The van der Waals surface area contributed by atoms with Crippen molar-refractivity contribution in [3.8, 4) is 0 Å². The van der Waals surface area contributed by atoms with Crippen LogP contribution in [-0.2, 0) is 5.41 Å². The van der Waals surface area contributed by atoms with Crippen LogP contribution in [0.2, 0.25) is 0 Å². The van der Waals surface area contributed by atoms with E-state index in [2.05, 4.69) is 42.3 Å². The minimum absolute atomic E-state index is 0.426. The van der Waals surface area contributed by atoms with E-state index in [1.807, 2.05) is 0 Å². The highest BCUT2D eigenvalue weighted by Crippen LogP contribution is 2.43. The minimum atomic E-state index is 0.426. The van der Waals surface area contributed by atoms with Crippen LogP contribution in [-0.4, -0.2) is 37.6 Å². The highest BCUT2D eigenvalue weighted by Gasteiger charge is 2.38. The van der Waals surface area contributed by atoms with Crippen LogP contribution in [0, 0.1) is 13.8 Å². The Morgan fingerprint density at radius 2 is 1.80 bits per heavy atom. The van der Waals surface area contributed by atoms with Crippen LogP contribution >= 0.6 is 0 Å². The number of hydrogen-bond acceptors (Lipinski definition) is 2. The normalized spacial score (nSPS) is 23.1. The quantitative estimate of drug-likeness (QED) is 0.910. The van der Waals surface area contributed by atoms with E-state index in [4.69, 9.17) is 0 Å². The average molecular weight is 272 g/mol. The fraction of sp³-hybridized carbons (Fsp3) is 0.667. The molecule has 1 aliphatic heterocycles. The van der Waals surface area contributed by atoms with Gasteiger partial charge in [-0.2, -0.15) is 0 Å². The second-order valence-electron chi connectivity index (χ2n) is 6.83. The van der Waals surface area contributed by atoms with Crippen molar-refractivity contribution in [3.63, 3.8) is 0 Å². The van der Waals surface area contributed by atoms with Crippen molar-refractivity contribution >= 4 is 0 Å². The fourth-order valence-electron chi connectivity index (χ4n) is 4.27. The third-order valence-electron chi connectivity index (χ3n) is 5.25. The number of hydrogen-bond donors (Lipinski definition) is 1. The van der Waals surface area contributed by atoms with Crippen molar-refractivity contribution in [3.05, 3.63) is 34.9 Å². The van der Waals surface area contributed by atoms with Crippen LogP contribution in [0.15, 0.2) is 18.2 Å². The van der Waals surface area contributed by atoms with Gasteiger partial charge in [-0.05, 0) is 37.8 Å². The van der Waals surface area contributed by atoms with E-state index in [9.17, 15) is 0 Å². The largest absolute Gasteiger partial charge is 0.314 e. The van der Waals surface area contributed by atoms with Gasteiger partial charge in [-0.1, -0.05) is 36.6 Å². The van der Waals surface area contributed by atoms with E-state index in [0.717, 1.165) is 13.1 Å². The first kappa shape index (κ1) is 14.1. The van der Waals surface area contributed by atoms with Crippen molar-refractivity contribution in [2.24, 2.45) is 0 Å². The molecule has 1 aromatic carbocycles. The van der Waals surface area contributed by atoms with Crippen molar-refractivity contribution in [2.75, 3.05) is 32.7 Å². The molecule has 0 aromatic heterocycles. The van der Waals surface area contributed by atoms with Crippen molar-refractivity contribution in [1.82, 2.24) is 10.2 Å². The van der Waals surface area contributed by atoms with Gasteiger partial charge in [0.05, 0.1) is 0 Å². The lowest BCUT2D eigenvalue weighted by Crippen LogP contribution is -2.49. The molecule has 20 heavy (non-hydrogen) atoms. The van der Waals surface area contributed by atoms with Crippen LogP contribution in [0.1, 0.15) is 42.4 Å². The van der Waals surface area contributed by atoms with Gasteiger partial charge in [0.1, 0.15) is 0 Å². The summed E-state index contributed by atoms with van der Waals surface area (Å²) in [5.41, 5.74) is 4.94. The second-order valence-corrected chi connectivity index (χ2v) is 6.83. The van der Waals surface area contributed by atoms with Gasteiger partial charge >= 0.3 is 0 Å². The number of benzene rings is 1. The Morgan fingerprint density at radius 1 is 1.10 bits per heavy atom. The summed E-state index contributed by atoms with van der Waals surface area (Å²) in [6.45, 7) is 10.5. The molecule has 1 aliphatic carbocycles. The van der Waals surface area contributed by atoms with Gasteiger partial charge in [0, 0.05) is 38.1 Å². The van der Waals surface area contributed by atoms with Crippen LogP contribution in [0.25, 0.3) is 0 Å². The Balaban J connectivity index is 1.86. The van der Waals surface area contributed by atoms with Crippen LogP contribution < -0.4 is 5.32 Å². The summed E-state index contributed by atoms with van der Waals surface area (Å²) in [4.78, 5) is 2.68. The van der Waals surface area contributed by atoms with Gasteiger partial charge in [0.15, 0.2) is 0 Å². The highest BCUT2D eigenvalue weighted by molar-refractivity contribution is 5.37. The predicted octanol–water partition coefficient (Wildman–Crippen LogP) is 3.02.